The molecule has 0 aromatic carbocycles. The number of nitrogens with two attached hydrogens (primary N) is 1. The van der Waals surface area contributed by atoms with Gasteiger partial charge in [0.1, 0.15) is 5.76 Å². The van der Waals surface area contributed by atoms with Crippen LogP contribution in [0.15, 0.2) is 16.5 Å². The van der Waals surface area contributed by atoms with Gasteiger partial charge in [-0.05, 0) is 43.2 Å². The highest BCUT2D eigenvalue weighted by Crippen LogP contribution is 2.28. The molecule has 4 heteroatoms. The Hall–Kier alpha value is -1.29. The number of amides is 1. The zero-order valence-electron chi connectivity index (χ0n) is 11.1. The third-order valence-electron chi connectivity index (χ3n) is 3.83. The smallest absolute Gasteiger partial charge is 0.287 e. The molecule has 2 rings (SSSR count). The molecule has 0 radical (unpaired) electrons. The van der Waals surface area contributed by atoms with Gasteiger partial charge in [0.05, 0.1) is 6.54 Å². The van der Waals surface area contributed by atoms with Crippen molar-refractivity contribution in [3.8, 4) is 0 Å². The molecule has 1 saturated carbocycles. The maximum atomic E-state index is 12.0. The first-order valence-corrected chi connectivity index (χ1v) is 6.69. The minimum absolute atomic E-state index is 0.124. The van der Waals surface area contributed by atoms with Crippen LogP contribution in [0.2, 0.25) is 0 Å². The molecule has 0 saturated heterocycles. The molecular formula is C14H22N2O2. The summed E-state index contributed by atoms with van der Waals surface area (Å²) in [5.74, 6) is 2.18. The fraction of sp³-hybridized carbons (Fsp3) is 0.643. The van der Waals surface area contributed by atoms with Crippen molar-refractivity contribution >= 4 is 5.91 Å². The number of furan rings is 1. The molecule has 3 unspecified atom stereocenters. The Morgan fingerprint density at radius 1 is 1.44 bits per heavy atom. The van der Waals surface area contributed by atoms with Crippen LogP contribution in [0.5, 0.6) is 0 Å². The van der Waals surface area contributed by atoms with Gasteiger partial charge >= 0.3 is 0 Å². The SMILES string of the molecule is CC1CCC(NC(=O)c2ccc(CN)o2)C(C)C1. The third kappa shape index (κ3) is 2.93. The normalized spacial score (nSPS) is 28.1. The van der Waals surface area contributed by atoms with Gasteiger partial charge in [0.25, 0.3) is 5.91 Å². The summed E-state index contributed by atoms with van der Waals surface area (Å²) in [7, 11) is 0. The van der Waals surface area contributed by atoms with Crippen LogP contribution in [0.25, 0.3) is 0 Å². The van der Waals surface area contributed by atoms with Gasteiger partial charge in [-0.15, -0.1) is 0 Å². The summed E-state index contributed by atoms with van der Waals surface area (Å²) in [5.41, 5.74) is 5.46. The Balaban J connectivity index is 1.94. The Bertz CT molecular complexity index is 414. The predicted molar refractivity (Wildman–Crippen MR) is 70.0 cm³/mol. The predicted octanol–water partition coefficient (Wildman–Crippen LogP) is 2.29. The molecule has 1 aliphatic carbocycles. The number of carbonyl (C=O) groups is 1. The molecule has 0 bridgehead atoms. The second-order valence-electron chi connectivity index (χ2n) is 5.45. The maximum absolute atomic E-state index is 12.0. The second kappa shape index (κ2) is 5.57. The molecule has 100 valence electrons. The maximum Gasteiger partial charge on any atom is 0.287 e. The van der Waals surface area contributed by atoms with E-state index in [0.29, 0.717) is 24.0 Å². The van der Waals surface area contributed by atoms with Crippen LogP contribution in [0.1, 0.15) is 49.4 Å². The van der Waals surface area contributed by atoms with Crippen molar-refractivity contribution in [1.29, 1.82) is 0 Å². The van der Waals surface area contributed by atoms with E-state index in [1.807, 2.05) is 0 Å². The third-order valence-corrected chi connectivity index (χ3v) is 3.83. The van der Waals surface area contributed by atoms with Crippen LogP contribution < -0.4 is 11.1 Å². The quantitative estimate of drug-likeness (QED) is 0.864. The van der Waals surface area contributed by atoms with E-state index in [0.717, 1.165) is 12.3 Å². The van der Waals surface area contributed by atoms with E-state index in [4.69, 9.17) is 10.2 Å². The standard InChI is InChI=1S/C14H22N2O2/c1-9-3-5-12(10(2)7-9)16-14(17)13-6-4-11(8-15)18-13/h4,6,9-10,12H,3,5,7-8,15H2,1-2H3,(H,16,17). The Morgan fingerprint density at radius 3 is 2.83 bits per heavy atom. The molecule has 1 fully saturated rings. The van der Waals surface area contributed by atoms with E-state index in [1.165, 1.54) is 12.8 Å². The monoisotopic (exact) mass is 250 g/mol. The first-order chi connectivity index (χ1) is 8.60. The minimum Gasteiger partial charge on any atom is -0.455 e. The first kappa shape index (κ1) is 13.1. The number of nitrogens with one attached hydrogen (secondary N) is 1. The van der Waals surface area contributed by atoms with E-state index < -0.39 is 0 Å². The average Bonchev–Trinajstić information content (AvgIpc) is 2.81. The highest BCUT2D eigenvalue weighted by Gasteiger charge is 2.27. The topological polar surface area (TPSA) is 68.3 Å². The number of rotatable bonds is 3. The molecule has 0 spiro atoms. The van der Waals surface area contributed by atoms with Gasteiger partial charge in [-0.2, -0.15) is 0 Å². The molecule has 3 atom stereocenters. The van der Waals surface area contributed by atoms with E-state index in [2.05, 4.69) is 19.2 Å². The Morgan fingerprint density at radius 2 is 2.22 bits per heavy atom. The van der Waals surface area contributed by atoms with E-state index in [1.54, 1.807) is 12.1 Å². The van der Waals surface area contributed by atoms with E-state index in [9.17, 15) is 4.79 Å². The van der Waals surface area contributed by atoms with Gasteiger partial charge in [-0.25, -0.2) is 0 Å². The minimum atomic E-state index is -0.124. The lowest BCUT2D eigenvalue weighted by Crippen LogP contribution is -2.42. The lowest BCUT2D eigenvalue weighted by molar-refractivity contribution is 0.0869. The van der Waals surface area contributed by atoms with Crippen LogP contribution in [0.4, 0.5) is 0 Å². The molecule has 1 aliphatic rings. The molecule has 0 aliphatic heterocycles. The number of carbonyl (C=O) groups excluding carboxylic acids is 1. The Labute approximate surface area is 108 Å². The molecule has 1 aromatic rings. The molecule has 4 nitrogen and oxygen atoms in total. The van der Waals surface area contributed by atoms with Crippen molar-refractivity contribution in [1.82, 2.24) is 5.32 Å². The fourth-order valence-electron chi connectivity index (χ4n) is 2.73. The van der Waals surface area contributed by atoms with Crippen molar-refractivity contribution in [2.45, 2.75) is 45.7 Å². The lowest BCUT2D eigenvalue weighted by Gasteiger charge is -2.32. The van der Waals surface area contributed by atoms with Gasteiger partial charge in [0.15, 0.2) is 5.76 Å². The van der Waals surface area contributed by atoms with Crippen molar-refractivity contribution in [2.24, 2.45) is 17.6 Å². The van der Waals surface area contributed by atoms with Crippen LogP contribution in [0, 0.1) is 11.8 Å². The van der Waals surface area contributed by atoms with Crippen LogP contribution in [-0.4, -0.2) is 11.9 Å². The molecule has 1 heterocycles. The fourth-order valence-corrected chi connectivity index (χ4v) is 2.73. The van der Waals surface area contributed by atoms with E-state index >= 15 is 0 Å². The zero-order valence-corrected chi connectivity index (χ0v) is 11.1. The van der Waals surface area contributed by atoms with Gasteiger partial charge in [-0.3, -0.25) is 4.79 Å². The van der Waals surface area contributed by atoms with Crippen molar-refractivity contribution in [2.75, 3.05) is 0 Å². The molecule has 1 amide bonds. The average molecular weight is 250 g/mol. The largest absolute Gasteiger partial charge is 0.455 e. The summed E-state index contributed by atoms with van der Waals surface area (Å²) in [6, 6.07) is 3.70. The summed E-state index contributed by atoms with van der Waals surface area (Å²) >= 11 is 0. The van der Waals surface area contributed by atoms with Crippen molar-refractivity contribution < 1.29 is 9.21 Å². The number of hydrogen-bond donors (Lipinski definition) is 2. The van der Waals surface area contributed by atoms with Crippen LogP contribution >= 0.6 is 0 Å². The van der Waals surface area contributed by atoms with Gasteiger partial charge in [0.2, 0.25) is 0 Å². The van der Waals surface area contributed by atoms with Crippen LogP contribution in [0.3, 0.4) is 0 Å². The van der Waals surface area contributed by atoms with Gasteiger partial charge in [-0.1, -0.05) is 13.8 Å². The lowest BCUT2D eigenvalue weighted by atomic mass is 9.80. The summed E-state index contributed by atoms with van der Waals surface area (Å²) in [6.45, 7) is 4.80. The summed E-state index contributed by atoms with van der Waals surface area (Å²) in [5, 5.41) is 3.07. The van der Waals surface area contributed by atoms with Gasteiger partial charge in [0, 0.05) is 6.04 Å². The van der Waals surface area contributed by atoms with Crippen LogP contribution in [-0.2, 0) is 6.54 Å². The molecular weight excluding hydrogens is 228 g/mol. The summed E-state index contributed by atoms with van der Waals surface area (Å²) < 4.78 is 5.36. The van der Waals surface area contributed by atoms with Crippen molar-refractivity contribution in [3.63, 3.8) is 0 Å². The highest BCUT2D eigenvalue weighted by atomic mass is 16.4. The van der Waals surface area contributed by atoms with Crippen molar-refractivity contribution in [3.05, 3.63) is 23.7 Å². The zero-order chi connectivity index (χ0) is 13.1. The molecule has 18 heavy (non-hydrogen) atoms. The Kier molecular flexibility index (Phi) is 4.07. The van der Waals surface area contributed by atoms with Gasteiger partial charge < -0.3 is 15.5 Å². The first-order valence-electron chi connectivity index (χ1n) is 6.69. The molecule has 3 N–H and O–H groups in total. The second-order valence-corrected chi connectivity index (χ2v) is 5.45. The summed E-state index contributed by atoms with van der Waals surface area (Å²) in [4.78, 5) is 12.0. The highest BCUT2D eigenvalue weighted by molar-refractivity contribution is 5.91. The number of hydrogen-bond acceptors (Lipinski definition) is 3. The van der Waals surface area contributed by atoms with E-state index in [-0.39, 0.29) is 11.9 Å². The molecule has 1 aromatic heterocycles. The summed E-state index contributed by atoms with van der Waals surface area (Å²) in [6.07, 6.45) is 3.41.